The maximum absolute atomic E-state index is 12.8. The summed E-state index contributed by atoms with van der Waals surface area (Å²) in [6, 6.07) is 0. The molecule has 0 radical (unpaired) electrons. The summed E-state index contributed by atoms with van der Waals surface area (Å²) in [6.07, 6.45) is 2.07. The number of ether oxygens (including phenoxy) is 1. The number of rotatable bonds is 3. The molecule has 0 unspecified atom stereocenters. The number of thioether (sulfide) groups is 1. The molecule has 1 aromatic heterocycles. The Balaban J connectivity index is 2.03. The Labute approximate surface area is 170 Å². The monoisotopic (exact) mass is 455 g/mol. The van der Waals surface area contributed by atoms with Crippen molar-refractivity contribution in [3.63, 3.8) is 0 Å². The van der Waals surface area contributed by atoms with Crippen LogP contribution in [-0.4, -0.2) is 53.3 Å². The van der Waals surface area contributed by atoms with Gasteiger partial charge in [0.1, 0.15) is 5.60 Å². The van der Waals surface area contributed by atoms with Gasteiger partial charge >= 0.3 is 21.7 Å². The van der Waals surface area contributed by atoms with E-state index in [2.05, 4.69) is 14.2 Å². The van der Waals surface area contributed by atoms with Crippen LogP contribution in [0.3, 0.4) is 0 Å². The third kappa shape index (κ3) is 4.39. The standard InChI is InChI=1S/C16H20F3N3O5S2/c1-14(2,3)26-13(23)22-7-9-10(15(8-22)5-6-15)11(21-12(20-9)28-4)27-29(24,25)16(17,18)19/h5-8H2,1-4H3. The van der Waals surface area contributed by atoms with E-state index in [0.29, 0.717) is 12.8 Å². The number of aromatic nitrogens is 2. The van der Waals surface area contributed by atoms with Gasteiger partial charge in [-0.1, -0.05) is 11.8 Å². The Kier molecular flexibility index (Phi) is 5.22. The molecule has 162 valence electrons. The van der Waals surface area contributed by atoms with Crippen molar-refractivity contribution in [3.05, 3.63) is 11.3 Å². The largest absolute Gasteiger partial charge is 0.534 e. The minimum Gasteiger partial charge on any atom is -0.444 e. The van der Waals surface area contributed by atoms with E-state index in [1.165, 1.54) is 4.90 Å². The summed E-state index contributed by atoms with van der Waals surface area (Å²) in [7, 11) is -5.89. The van der Waals surface area contributed by atoms with Crippen LogP contribution in [0, 0.1) is 0 Å². The number of nitrogens with zero attached hydrogens (tertiary/aromatic N) is 3. The second-order valence-corrected chi connectivity index (χ2v) is 10.2. The molecule has 1 spiro atoms. The number of alkyl halides is 3. The molecule has 0 saturated heterocycles. The van der Waals surface area contributed by atoms with E-state index >= 15 is 0 Å². The van der Waals surface area contributed by atoms with Gasteiger partial charge in [0.05, 0.1) is 12.2 Å². The molecule has 29 heavy (non-hydrogen) atoms. The minimum absolute atomic E-state index is 0.0398. The first-order valence-corrected chi connectivity index (χ1v) is 11.2. The van der Waals surface area contributed by atoms with E-state index < -0.39 is 38.6 Å². The van der Waals surface area contributed by atoms with Crippen LogP contribution in [0.2, 0.25) is 0 Å². The molecule has 3 rings (SSSR count). The number of fused-ring (bicyclic) bond motifs is 2. The molecule has 13 heteroatoms. The van der Waals surface area contributed by atoms with Crippen molar-refractivity contribution in [2.45, 2.75) is 61.8 Å². The fourth-order valence-electron chi connectivity index (χ4n) is 3.11. The van der Waals surface area contributed by atoms with Crippen LogP contribution in [-0.2, 0) is 26.8 Å². The van der Waals surface area contributed by atoms with E-state index in [0.717, 1.165) is 11.8 Å². The maximum Gasteiger partial charge on any atom is 0.534 e. The lowest BCUT2D eigenvalue weighted by atomic mass is 9.91. The molecular weight excluding hydrogens is 435 g/mol. The van der Waals surface area contributed by atoms with E-state index in [-0.39, 0.29) is 29.5 Å². The normalized spacial score (nSPS) is 18.4. The molecule has 0 atom stereocenters. The number of carbonyl (C=O) groups excluding carboxylic acids is 1. The van der Waals surface area contributed by atoms with E-state index in [4.69, 9.17) is 4.74 Å². The van der Waals surface area contributed by atoms with E-state index in [1.54, 1.807) is 27.0 Å². The SMILES string of the molecule is CSc1nc2c(c(OS(=O)(=O)C(F)(F)F)n1)C1(CC1)CN(C(=O)OC(C)(C)C)C2. The quantitative estimate of drug-likeness (QED) is 0.297. The zero-order chi connectivity index (χ0) is 21.8. The lowest BCUT2D eigenvalue weighted by molar-refractivity contribution is -0.0502. The number of amides is 1. The Morgan fingerprint density at radius 3 is 2.31 bits per heavy atom. The van der Waals surface area contributed by atoms with Crippen LogP contribution in [0.1, 0.15) is 44.9 Å². The van der Waals surface area contributed by atoms with Crippen LogP contribution in [0.5, 0.6) is 5.88 Å². The van der Waals surface area contributed by atoms with Crippen molar-refractivity contribution < 1.29 is 35.3 Å². The van der Waals surface area contributed by atoms with Crippen molar-refractivity contribution in [1.82, 2.24) is 14.9 Å². The topological polar surface area (TPSA) is 98.7 Å². The molecular formula is C16H20F3N3O5S2. The van der Waals surface area contributed by atoms with Gasteiger partial charge < -0.3 is 13.8 Å². The molecule has 0 N–H and O–H groups in total. The lowest BCUT2D eigenvalue weighted by Crippen LogP contribution is -2.45. The highest BCUT2D eigenvalue weighted by atomic mass is 32.2. The average Bonchev–Trinajstić information content (AvgIpc) is 3.30. The molecule has 1 aliphatic heterocycles. The summed E-state index contributed by atoms with van der Waals surface area (Å²) in [5.74, 6) is -0.627. The Morgan fingerprint density at radius 1 is 1.21 bits per heavy atom. The third-order valence-electron chi connectivity index (χ3n) is 4.45. The molecule has 2 aliphatic rings. The Morgan fingerprint density at radius 2 is 1.83 bits per heavy atom. The van der Waals surface area contributed by atoms with Crippen molar-refractivity contribution in [3.8, 4) is 5.88 Å². The summed E-state index contributed by atoms with van der Waals surface area (Å²) >= 11 is 1.02. The lowest BCUT2D eigenvalue weighted by Gasteiger charge is -2.35. The first kappa shape index (κ1) is 21.9. The Bertz CT molecular complexity index is 940. The predicted octanol–water partition coefficient (Wildman–Crippen LogP) is 3.21. The fourth-order valence-corrected chi connectivity index (χ4v) is 3.91. The summed E-state index contributed by atoms with van der Waals surface area (Å²) < 4.78 is 71.4. The van der Waals surface area contributed by atoms with Crippen molar-refractivity contribution in [1.29, 1.82) is 0 Å². The first-order valence-electron chi connectivity index (χ1n) is 8.61. The zero-order valence-corrected chi connectivity index (χ0v) is 17.8. The van der Waals surface area contributed by atoms with Gasteiger partial charge in [-0.25, -0.2) is 9.78 Å². The summed E-state index contributed by atoms with van der Waals surface area (Å²) in [5.41, 5.74) is -6.59. The summed E-state index contributed by atoms with van der Waals surface area (Å²) in [5, 5.41) is 0.0398. The number of halogens is 3. The van der Waals surface area contributed by atoms with Crippen LogP contribution in [0.15, 0.2) is 5.16 Å². The minimum atomic E-state index is -5.89. The summed E-state index contributed by atoms with van der Waals surface area (Å²) in [4.78, 5) is 22.1. The van der Waals surface area contributed by atoms with Gasteiger partial charge in [0.25, 0.3) is 0 Å². The van der Waals surface area contributed by atoms with Crippen molar-refractivity contribution in [2.24, 2.45) is 0 Å². The van der Waals surface area contributed by atoms with Gasteiger partial charge in [0.2, 0.25) is 5.88 Å². The average molecular weight is 455 g/mol. The third-order valence-corrected chi connectivity index (χ3v) is 5.95. The first-order chi connectivity index (χ1) is 13.2. The summed E-state index contributed by atoms with van der Waals surface area (Å²) in [6.45, 7) is 5.26. The van der Waals surface area contributed by atoms with Crippen LogP contribution in [0.4, 0.5) is 18.0 Å². The zero-order valence-electron chi connectivity index (χ0n) is 16.2. The highest BCUT2D eigenvalue weighted by Crippen LogP contribution is 2.55. The van der Waals surface area contributed by atoms with Gasteiger partial charge in [0.15, 0.2) is 5.16 Å². The second-order valence-electron chi connectivity index (χ2n) is 7.94. The molecule has 1 saturated carbocycles. The second kappa shape index (κ2) is 6.89. The van der Waals surface area contributed by atoms with Gasteiger partial charge in [0, 0.05) is 17.5 Å². The maximum atomic E-state index is 12.8. The molecule has 8 nitrogen and oxygen atoms in total. The van der Waals surface area contributed by atoms with Crippen LogP contribution < -0.4 is 4.18 Å². The highest BCUT2D eigenvalue weighted by molar-refractivity contribution is 7.98. The Hall–Kier alpha value is -1.76. The number of hydrogen-bond donors (Lipinski definition) is 0. The molecule has 0 aromatic carbocycles. The van der Waals surface area contributed by atoms with Crippen LogP contribution in [0.25, 0.3) is 0 Å². The molecule has 1 amide bonds. The van der Waals surface area contributed by atoms with Gasteiger partial charge in [-0.05, 0) is 39.9 Å². The van der Waals surface area contributed by atoms with Gasteiger partial charge in [-0.2, -0.15) is 26.6 Å². The van der Waals surface area contributed by atoms with Gasteiger partial charge in [-0.3, -0.25) is 0 Å². The smallest absolute Gasteiger partial charge is 0.444 e. The fraction of sp³-hybridized carbons (Fsp3) is 0.688. The van der Waals surface area contributed by atoms with E-state index in [9.17, 15) is 26.4 Å². The predicted molar refractivity (Wildman–Crippen MR) is 97.0 cm³/mol. The molecule has 1 aromatic rings. The van der Waals surface area contributed by atoms with E-state index in [1.807, 2.05) is 0 Å². The molecule has 0 bridgehead atoms. The van der Waals surface area contributed by atoms with Crippen molar-refractivity contribution in [2.75, 3.05) is 12.8 Å². The molecule has 1 aliphatic carbocycles. The molecule has 2 heterocycles. The van der Waals surface area contributed by atoms with Gasteiger partial charge in [-0.15, -0.1) is 0 Å². The highest BCUT2D eigenvalue weighted by Gasteiger charge is 2.55. The number of hydrogen-bond acceptors (Lipinski definition) is 8. The molecule has 1 fully saturated rings. The number of carbonyl (C=O) groups is 1. The van der Waals surface area contributed by atoms with Crippen LogP contribution >= 0.6 is 11.8 Å². The van der Waals surface area contributed by atoms with Crippen molar-refractivity contribution >= 4 is 28.0 Å².